The molecule has 0 spiro atoms. The van der Waals surface area contributed by atoms with Gasteiger partial charge in [-0.15, -0.1) is 0 Å². The summed E-state index contributed by atoms with van der Waals surface area (Å²) in [4.78, 5) is 15.4. The van der Waals surface area contributed by atoms with Crippen LogP contribution in [0, 0.1) is 0 Å². The van der Waals surface area contributed by atoms with Crippen molar-refractivity contribution in [1.29, 1.82) is 0 Å². The monoisotopic (exact) mass is 444 g/mol. The maximum atomic E-state index is 13.3. The molecule has 0 aliphatic carbocycles. The van der Waals surface area contributed by atoms with Gasteiger partial charge in [0.1, 0.15) is 6.54 Å². The molecule has 0 bridgehead atoms. The fourth-order valence-corrected chi connectivity index (χ4v) is 6.21. The molecule has 1 aliphatic heterocycles. The lowest BCUT2D eigenvalue weighted by Gasteiger charge is -2.23. The second kappa shape index (κ2) is 7.95. The van der Waals surface area contributed by atoms with Crippen LogP contribution in [-0.4, -0.2) is 24.9 Å². The standard InChI is InChI=1S/C26H24N2O3S/c1-19-15-21-11-5-7-13-23(21)28(19)26(29)17-27-16-25(22-12-6-8-14-24(22)27)32(30,31)18-20-9-3-2-4-10-20/h2-14,16,19H,15,17-18H2,1H3/t19-/m0/s1. The third-order valence-electron chi connectivity index (χ3n) is 6.07. The van der Waals surface area contributed by atoms with Crippen LogP contribution in [0.3, 0.4) is 0 Å². The fraction of sp³-hybridized carbons (Fsp3) is 0.192. The van der Waals surface area contributed by atoms with Gasteiger partial charge in [-0.05, 0) is 36.6 Å². The lowest BCUT2D eigenvalue weighted by atomic mass is 10.1. The molecule has 32 heavy (non-hydrogen) atoms. The number of para-hydroxylation sites is 2. The minimum absolute atomic E-state index is 0.0461. The van der Waals surface area contributed by atoms with Crippen molar-refractivity contribution in [1.82, 2.24) is 4.57 Å². The van der Waals surface area contributed by atoms with Crippen molar-refractivity contribution in [2.75, 3.05) is 4.90 Å². The van der Waals surface area contributed by atoms with E-state index < -0.39 is 9.84 Å². The van der Waals surface area contributed by atoms with Gasteiger partial charge < -0.3 is 9.47 Å². The van der Waals surface area contributed by atoms with E-state index in [1.165, 1.54) is 0 Å². The summed E-state index contributed by atoms with van der Waals surface area (Å²) in [6, 6.07) is 24.6. The SMILES string of the molecule is C[C@H]1Cc2ccccc2N1C(=O)Cn1cc(S(=O)(=O)Cc2ccccc2)c2ccccc21. The van der Waals surface area contributed by atoms with Crippen LogP contribution >= 0.6 is 0 Å². The molecule has 0 saturated heterocycles. The Morgan fingerprint density at radius 2 is 1.62 bits per heavy atom. The number of aromatic nitrogens is 1. The van der Waals surface area contributed by atoms with Crippen LogP contribution in [0.4, 0.5) is 5.69 Å². The van der Waals surface area contributed by atoms with Gasteiger partial charge in [-0.1, -0.05) is 66.7 Å². The molecule has 0 fully saturated rings. The Morgan fingerprint density at radius 1 is 0.938 bits per heavy atom. The zero-order valence-electron chi connectivity index (χ0n) is 17.8. The summed E-state index contributed by atoms with van der Waals surface area (Å²) in [5.41, 5.74) is 3.59. The Labute approximate surface area is 187 Å². The number of anilines is 1. The minimum Gasteiger partial charge on any atom is -0.337 e. The van der Waals surface area contributed by atoms with Crippen molar-refractivity contribution in [2.45, 2.75) is 36.6 Å². The van der Waals surface area contributed by atoms with Crippen molar-refractivity contribution in [2.24, 2.45) is 0 Å². The van der Waals surface area contributed by atoms with E-state index in [9.17, 15) is 13.2 Å². The first kappa shape index (κ1) is 20.5. The normalized spacial score (nSPS) is 15.8. The molecule has 1 atom stereocenters. The highest BCUT2D eigenvalue weighted by Crippen LogP contribution is 2.33. The summed E-state index contributed by atoms with van der Waals surface area (Å²) in [5, 5.41) is 0.645. The van der Waals surface area contributed by atoms with E-state index in [-0.39, 0.29) is 29.1 Å². The number of sulfone groups is 1. The van der Waals surface area contributed by atoms with Gasteiger partial charge in [-0.2, -0.15) is 0 Å². The van der Waals surface area contributed by atoms with Crippen LogP contribution in [0.2, 0.25) is 0 Å². The number of amides is 1. The van der Waals surface area contributed by atoms with Gasteiger partial charge in [0, 0.05) is 28.8 Å². The van der Waals surface area contributed by atoms with Crippen molar-refractivity contribution >= 4 is 32.3 Å². The summed E-state index contributed by atoms with van der Waals surface area (Å²) in [6.45, 7) is 2.13. The summed E-state index contributed by atoms with van der Waals surface area (Å²) in [6.07, 6.45) is 2.44. The molecule has 1 aliphatic rings. The van der Waals surface area contributed by atoms with Crippen LogP contribution < -0.4 is 4.90 Å². The van der Waals surface area contributed by atoms with Gasteiger partial charge in [-0.25, -0.2) is 8.42 Å². The molecule has 162 valence electrons. The molecule has 1 amide bonds. The molecule has 1 aromatic heterocycles. The summed E-state index contributed by atoms with van der Waals surface area (Å²) < 4.78 is 28.3. The number of hydrogen-bond donors (Lipinski definition) is 0. The average molecular weight is 445 g/mol. The van der Waals surface area contributed by atoms with Crippen LogP contribution in [0.15, 0.2) is 90.0 Å². The highest BCUT2D eigenvalue weighted by atomic mass is 32.2. The summed E-state index contributed by atoms with van der Waals surface area (Å²) in [5.74, 6) is -0.123. The third-order valence-corrected chi connectivity index (χ3v) is 7.78. The molecule has 0 unspecified atom stereocenters. The quantitative estimate of drug-likeness (QED) is 0.452. The van der Waals surface area contributed by atoms with E-state index in [0.717, 1.165) is 28.8 Å². The lowest BCUT2D eigenvalue weighted by molar-refractivity contribution is -0.119. The van der Waals surface area contributed by atoms with Gasteiger partial charge in [0.05, 0.1) is 10.6 Å². The number of fused-ring (bicyclic) bond motifs is 2. The zero-order chi connectivity index (χ0) is 22.3. The van der Waals surface area contributed by atoms with Crippen molar-refractivity contribution in [3.63, 3.8) is 0 Å². The highest BCUT2D eigenvalue weighted by molar-refractivity contribution is 7.90. The summed E-state index contributed by atoms with van der Waals surface area (Å²) >= 11 is 0. The number of carbonyl (C=O) groups excluding carboxylic acids is 1. The van der Waals surface area contributed by atoms with Crippen molar-refractivity contribution in [3.05, 3.63) is 96.2 Å². The zero-order valence-corrected chi connectivity index (χ0v) is 18.6. The topological polar surface area (TPSA) is 59.4 Å². The van der Waals surface area contributed by atoms with E-state index in [4.69, 9.17) is 0 Å². The first-order valence-corrected chi connectivity index (χ1v) is 12.3. The van der Waals surface area contributed by atoms with Gasteiger partial charge >= 0.3 is 0 Å². The highest BCUT2D eigenvalue weighted by Gasteiger charge is 2.31. The molecule has 0 saturated carbocycles. The molecule has 6 heteroatoms. The van der Waals surface area contributed by atoms with Crippen LogP contribution in [0.1, 0.15) is 18.1 Å². The second-order valence-corrected chi connectivity index (χ2v) is 10.3. The Kier molecular flexibility index (Phi) is 5.10. The first-order valence-electron chi connectivity index (χ1n) is 10.7. The number of carbonyl (C=O) groups is 1. The smallest absolute Gasteiger partial charge is 0.247 e. The maximum absolute atomic E-state index is 13.3. The van der Waals surface area contributed by atoms with Crippen LogP contribution in [0.5, 0.6) is 0 Å². The molecular weight excluding hydrogens is 420 g/mol. The summed E-state index contributed by atoms with van der Waals surface area (Å²) in [7, 11) is -3.58. The average Bonchev–Trinajstić information content (AvgIpc) is 3.32. The molecule has 2 heterocycles. The Morgan fingerprint density at radius 3 is 2.44 bits per heavy atom. The Bertz CT molecular complexity index is 1410. The van der Waals surface area contributed by atoms with Crippen molar-refractivity contribution in [3.8, 4) is 0 Å². The molecular formula is C26H24N2O3S. The molecule has 4 aromatic rings. The van der Waals surface area contributed by atoms with E-state index in [1.54, 1.807) is 10.8 Å². The number of rotatable bonds is 5. The number of benzene rings is 3. The Balaban J connectivity index is 1.50. The van der Waals surface area contributed by atoms with E-state index in [2.05, 4.69) is 6.07 Å². The van der Waals surface area contributed by atoms with Crippen LogP contribution in [0.25, 0.3) is 10.9 Å². The molecule has 0 radical (unpaired) electrons. The first-order chi connectivity index (χ1) is 15.4. The second-order valence-electron chi connectivity index (χ2n) is 8.33. The third kappa shape index (κ3) is 3.60. The van der Waals surface area contributed by atoms with Gasteiger partial charge in [-0.3, -0.25) is 4.79 Å². The van der Waals surface area contributed by atoms with Gasteiger partial charge in [0.2, 0.25) is 5.91 Å². The van der Waals surface area contributed by atoms with Gasteiger partial charge in [0.25, 0.3) is 0 Å². The molecule has 5 nitrogen and oxygen atoms in total. The largest absolute Gasteiger partial charge is 0.337 e. The minimum atomic E-state index is -3.58. The van der Waals surface area contributed by atoms with Crippen molar-refractivity contribution < 1.29 is 13.2 Å². The predicted molar refractivity (Wildman–Crippen MR) is 126 cm³/mol. The van der Waals surface area contributed by atoms with E-state index >= 15 is 0 Å². The van der Waals surface area contributed by atoms with E-state index in [1.807, 2.05) is 84.6 Å². The fourth-order valence-electron chi connectivity index (χ4n) is 4.63. The van der Waals surface area contributed by atoms with E-state index in [0.29, 0.717) is 5.39 Å². The molecule has 5 rings (SSSR count). The predicted octanol–water partition coefficient (Wildman–Crippen LogP) is 4.59. The van der Waals surface area contributed by atoms with Crippen LogP contribution in [-0.2, 0) is 33.4 Å². The molecule has 3 aromatic carbocycles. The number of nitrogens with zero attached hydrogens (tertiary/aromatic N) is 2. The van der Waals surface area contributed by atoms with Gasteiger partial charge in [0.15, 0.2) is 9.84 Å². The number of hydrogen-bond acceptors (Lipinski definition) is 3. The molecule has 0 N–H and O–H groups in total. The maximum Gasteiger partial charge on any atom is 0.247 e. The lowest BCUT2D eigenvalue weighted by Crippen LogP contribution is -2.37. The Hall–Kier alpha value is -3.38.